The average Bonchev–Trinajstić information content (AvgIpc) is 2.75. The van der Waals surface area contributed by atoms with E-state index in [1.54, 1.807) is 19.1 Å². The average molecular weight is 419 g/mol. The van der Waals surface area contributed by atoms with E-state index in [4.69, 9.17) is 17.0 Å². The number of benzene rings is 3. The molecule has 0 radical (unpaired) electrons. The van der Waals surface area contributed by atoms with Crippen molar-refractivity contribution in [2.45, 2.75) is 26.8 Å². The Balaban J connectivity index is 1.78. The molecule has 3 aromatic carbocycles. The van der Waals surface area contributed by atoms with Crippen molar-refractivity contribution in [3.8, 4) is 0 Å². The third-order valence-electron chi connectivity index (χ3n) is 4.80. The van der Waals surface area contributed by atoms with E-state index in [0.29, 0.717) is 17.3 Å². The third kappa shape index (κ3) is 5.45. The van der Waals surface area contributed by atoms with Crippen LogP contribution in [0.3, 0.4) is 0 Å². The van der Waals surface area contributed by atoms with Gasteiger partial charge in [-0.2, -0.15) is 0 Å². The summed E-state index contributed by atoms with van der Waals surface area (Å²) in [6.07, 6.45) is 0. The highest BCUT2D eigenvalue weighted by Gasteiger charge is 2.16. The maximum Gasteiger partial charge on any atom is 0.338 e. The summed E-state index contributed by atoms with van der Waals surface area (Å²) < 4.78 is 5.07. The van der Waals surface area contributed by atoms with Crippen LogP contribution < -0.4 is 10.6 Å². The zero-order chi connectivity index (χ0) is 21.5. The van der Waals surface area contributed by atoms with Gasteiger partial charge in [0, 0.05) is 5.69 Å². The molecule has 2 N–H and O–H groups in total. The first-order valence-electron chi connectivity index (χ1n) is 9.94. The minimum atomic E-state index is -0.323. The Bertz CT molecular complexity index is 1020. The third-order valence-corrected chi connectivity index (χ3v) is 5.02. The number of carbonyl (C=O) groups excluding carboxylic acids is 1. The second kappa shape index (κ2) is 10.0. The van der Waals surface area contributed by atoms with Crippen LogP contribution in [-0.4, -0.2) is 17.7 Å². The van der Waals surface area contributed by atoms with E-state index in [1.807, 2.05) is 31.2 Å². The normalized spacial score (nSPS) is 11.4. The number of hydrogen-bond donors (Lipinski definition) is 2. The molecule has 0 bridgehead atoms. The Morgan fingerprint density at radius 2 is 1.63 bits per heavy atom. The second-order valence-corrected chi connectivity index (χ2v) is 7.51. The van der Waals surface area contributed by atoms with E-state index in [-0.39, 0.29) is 12.0 Å². The van der Waals surface area contributed by atoms with Gasteiger partial charge in [-0.05, 0) is 67.9 Å². The number of carbonyl (C=O) groups is 1. The molecule has 1 atom stereocenters. The fourth-order valence-corrected chi connectivity index (χ4v) is 3.43. The zero-order valence-electron chi connectivity index (χ0n) is 17.4. The summed E-state index contributed by atoms with van der Waals surface area (Å²) in [5.74, 6) is -0.323. The van der Waals surface area contributed by atoms with Crippen LogP contribution in [-0.2, 0) is 4.74 Å². The van der Waals surface area contributed by atoms with Gasteiger partial charge in [-0.25, -0.2) is 4.79 Å². The van der Waals surface area contributed by atoms with E-state index < -0.39 is 0 Å². The van der Waals surface area contributed by atoms with Gasteiger partial charge in [-0.15, -0.1) is 0 Å². The minimum Gasteiger partial charge on any atom is -0.462 e. The van der Waals surface area contributed by atoms with Crippen LogP contribution in [0.1, 0.15) is 45.6 Å². The maximum atomic E-state index is 11.9. The highest BCUT2D eigenvalue weighted by Crippen LogP contribution is 2.23. The van der Waals surface area contributed by atoms with Gasteiger partial charge in [0.25, 0.3) is 0 Å². The van der Waals surface area contributed by atoms with Crippen LogP contribution in [0, 0.1) is 13.8 Å². The monoisotopic (exact) mass is 418 g/mol. The molecule has 0 saturated carbocycles. The molecule has 0 spiro atoms. The van der Waals surface area contributed by atoms with Crippen molar-refractivity contribution in [1.29, 1.82) is 0 Å². The molecule has 0 unspecified atom stereocenters. The van der Waals surface area contributed by atoms with Gasteiger partial charge in [0.2, 0.25) is 0 Å². The number of ether oxygens (including phenoxy) is 1. The van der Waals surface area contributed by atoms with Gasteiger partial charge in [0.05, 0.1) is 18.2 Å². The lowest BCUT2D eigenvalue weighted by molar-refractivity contribution is 0.0526. The van der Waals surface area contributed by atoms with E-state index in [9.17, 15) is 4.79 Å². The summed E-state index contributed by atoms with van der Waals surface area (Å²) in [5.41, 5.74) is 5.75. The van der Waals surface area contributed by atoms with E-state index >= 15 is 0 Å². The first-order chi connectivity index (χ1) is 14.5. The predicted molar refractivity (Wildman–Crippen MR) is 126 cm³/mol. The Kier molecular flexibility index (Phi) is 7.20. The summed E-state index contributed by atoms with van der Waals surface area (Å²) in [6.45, 7) is 6.15. The molecule has 154 valence electrons. The van der Waals surface area contributed by atoms with Crippen molar-refractivity contribution < 1.29 is 9.53 Å². The molecule has 0 aromatic heterocycles. The van der Waals surface area contributed by atoms with Crippen molar-refractivity contribution in [3.05, 3.63) is 101 Å². The number of anilines is 1. The van der Waals surface area contributed by atoms with Crippen molar-refractivity contribution in [1.82, 2.24) is 5.32 Å². The molecule has 0 aliphatic carbocycles. The number of rotatable bonds is 6. The summed E-state index contributed by atoms with van der Waals surface area (Å²) in [6, 6.07) is 23.9. The van der Waals surface area contributed by atoms with Crippen molar-refractivity contribution in [3.63, 3.8) is 0 Å². The molecule has 3 aromatic rings. The van der Waals surface area contributed by atoms with Gasteiger partial charge >= 0.3 is 5.97 Å². The van der Waals surface area contributed by atoms with E-state index in [2.05, 4.69) is 54.0 Å². The molecule has 3 rings (SSSR count). The second-order valence-electron chi connectivity index (χ2n) is 7.10. The molecule has 0 saturated heterocycles. The SMILES string of the molecule is CCOC(=O)c1ccc(NC(=S)N[C@H](c2ccccc2)c2ccc(C)cc2)c(C)c1. The highest BCUT2D eigenvalue weighted by molar-refractivity contribution is 7.80. The Morgan fingerprint density at radius 3 is 2.27 bits per heavy atom. The van der Waals surface area contributed by atoms with Crippen LogP contribution >= 0.6 is 12.2 Å². The van der Waals surface area contributed by atoms with Crippen LogP contribution in [0.15, 0.2) is 72.8 Å². The molecule has 0 aliphatic rings. The maximum absolute atomic E-state index is 11.9. The Morgan fingerprint density at radius 1 is 0.967 bits per heavy atom. The number of thiocarbonyl (C=S) groups is 1. The molecule has 5 heteroatoms. The molecule has 0 heterocycles. The molecule has 30 heavy (non-hydrogen) atoms. The summed E-state index contributed by atoms with van der Waals surface area (Å²) in [5, 5.41) is 7.20. The first-order valence-corrected chi connectivity index (χ1v) is 10.4. The zero-order valence-corrected chi connectivity index (χ0v) is 18.3. The minimum absolute atomic E-state index is 0.0779. The first kappa shape index (κ1) is 21.5. The smallest absolute Gasteiger partial charge is 0.338 e. The Labute approximate surface area is 183 Å². The van der Waals surface area contributed by atoms with Crippen LogP contribution in [0.2, 0.25) is 0 Å². The number of esters is 1. The molecule has 4 nitrogen and oxygen atoms in total. The molecule has 0 fully saturated rings. The summed E-state index contributed by atoms with van der Waals surface area (Å²) in [4.78, 5) is 11.9. The Hall–Kier alpha value is -3.18. The lowest BCUT2D eigenvalue weighted by Crippen LogP contribution is -2.33. The standard InChI is InChI=1S/C25H26N2O2S/c1-4-29-24(28)21-14-15-22(18(3)16-21)26-25(30)27-23(19-8-6-5-7-9-19)20-12-10-17(2)11-13-20/h5-16,23H,4H2,1-3H3,(H2,26,27,30)/t23-/m1/s1. The predicted octanol–water partition coefficient (Wildman–Crippen LogP) is 5.56. The number of aryl methyl sites for hydroxylation is 2. The highest BCUT2D eigenvalue weighted by atomic mass is 32.1. The van der Waals surface area contributed by atoms with Crippen LogP contribution in [0.25, 0.3) is 0 Å². The summed E-state index contributed by atoms with van der Waals surface area (Å²) >= 11 is 5.61. The number of hydrogen-bond acceptors (Lipinski definition) is 3. The van der Waals surface area contributed by atoms with Gasteiger partial charge in [-0.3, -0.25) is 0 Å². The van der Waals surface area contributed by atoms with Crippen molar-refractivity contribution >= 4 is 29.0 Å². The van der Waals surface area contributed by atoms with E-state index in [0.717, 1.165) is 22.4 Å². The van der Waals surface area contributed by atoms with Gasteiger partial charge in [0.1, 0.15) is 0 Å². The fourth-order valence-electron chi connectivity index (χ4n) is 3.20. The van der Waals surface area contributed by atoms with Gasteiger partial charge < -0.3 is 15.4 Å². The molecule has 0 aliphatic heterocycles. The van der Waals surface area contributed by atoms with Crippen molar-refractivity contribution in [2.24, 2.45) is 0 Å². The van der Waals surface area contributed by atoms with Crippen LogP contribution in [0.4, 0.5) is 5.69 Å². The van der Waals surface area contributed by atoms with E-state index in [1.165, 1.54) is 5.56 Å². The summed E-state index contributed by atoms with van der Waals surface area (Å²) in [7, 11) is 0. The fraction of sp³-hybridized carbons (Fsp3) is 0.200. The molecular formula is C25H26N2O2S. The molecular weight excluding hydrogens is 392 g/mol. The topological polar surface area (TPSA) is 50.4 Å². The largest absolute Gasteiger partial charge is 0.462 e. The lowest BCUT2D eigenvalue weighted by Gasteiger charge is -2.23. The molecule has 0 amide bonds. The van der Waals surface area contributed by atoms with Crippen molar-refractivity contribution in [2.75, 3.05) is 11.9 Å². The quantitative estimate of drug-likeness (QED) is 0.406. The number of nitrogens with one attached hydrogen (secondary N) is 2. The van der Waals surface area contributed by atoms with Gasteiger partial charge in [-0.1, -0.05) is 60.2 Å². The lowest BCUT2D eigenvalue weighted by atomic mass is 9.98. The van der Waals surface area contributed by atoms with Crippen LogP contribution in [0.5, 0.6) is 0 Å². The van der Waals surface area contributed by atoms with Gasteiger partial charge in [0.15, 0.2) is 5.11 Å².